The van der Waals surface area contributed by atoms with E-state index in [4.69, 9.17) is 11.6 Å². The molecule has 2 heteroatoms. The van der Waals surface area contributed by atoms with Gasteiger partial charge in [0.2, 0.25) is 0 Å². The highest BCUT2D eigenvalue weighted by atomic mass is 35.5. The predicted molar refractivity (Wildman–Crippen MR) is 78.2 cm³/mol. The van der Waals surface area contributed by atoms with Gasteiger partial charge in [-0.3, -0.25) is 0 Å². The summed E-state index contributed by atoms with van der Waals surface area (Å²) in [4.78, 5) is 2.44. The lowest BCUT2D eigenvalue weighted by atomic mass is 10.0. The third-order valence-electron chi connectivity index (χ3n) is 3.24. The van der Waals surface area contributed by atoms with E-state index in [2.05, 4.69) is 49.9 Å². The normalized spacial score (nSPS) is 12.5. The van der Waals surface area contributed by atoms with Gasteiger partial charge in [-0.05, 0) is 50.3 Å². The minimum Gasteiger partial charge on any atom is -0.372 e. The summed E-state index contributed by atoms with van der Waals surface area (Å²) >= 11 is 5.77. The van der Waals surface area contributed by atoms with Crippen LogP contribution in [-0.2, 0) is 0 Å². The number of nitrogens with zero attached hydrogens (tertiary/aromatic N) is 1. The van der Waals surface area contributed by atoms with E-state index < -0.39 is 0 Å². The fraction of sp³-hybridized carbons (Fsp3) is 0.600. The second-order valence-electron chi connectivity index (χ2n) is 4.79. The van der Waals surface area contributed by atoms with E-state index in [0.717, 1.165) is 25.4 Å². The first-order valence-corrected chi connectivity index (χ1v) is 7.08. The molecule has 1 aromatic rings. The molecule has 0 amide bonds. The van der Waals surface area contributed by atoms with E-state index in [1.165, 1.54) is 17.7 Å². The maximum atomic E-state index is 5.77. The first-order valence-electron chi connectivity index (χ1n) is 6.55. The van der Waals surface area contributed by atoms with E-state index >= 15 is 0 Å². The summed E-state index contributed by atoms with van der Waals surface area (Å²) in [5.74, 6) is 1.49. The Kier molecular flexibility index (Phi) is 6.43. The number of halogens is 1. The van der Waals surface area contributed by atoms with Crippen molar-refractivity contribution in [3.63, 3.8) is 0 Å². The molecule has 0 heterocycles. The van der Waals surface area contributed by atoms with E-state index in [1.807, 2.05) is 0 Å². The van der Waals surface area contributed by atoms with Crippen LogP contribution >= 0.6 is 11.6 Å². The summed E-state index contributed by atoms with van der Waals surface area (Å²) in [7, 11) is 0. The first-order chi connectivity index (χ1) is 8.17. The Morgan fingerprint density at radius 1 is 1.29 bits per heavy atom. The molecule has 1 atom stereocenters. The number of aryl methyl sites for hydroxylation is 1. The number of anilines is 1. The van der Waals surface area contributed by atoms with Crippen LogP contribution in [0.25, 0.3) is 0 Å². The minimum atomic E-state index is 0.714. The van der Waals surface area contributed by atoms with E-state index in [9.17, 15) is 0 Å². The van der Waals surface area contributed by atoms with Gasteiger partial charge in [0.25, 0.3) is 0 Å². The van der Waals surface area contributed by atoms with Gasteiger partial charge in [0.15, 0.2) is 0 Å². The van der Waals surface area contributed by atoms with Crippen LogP contribution in [0.5, 0.6) is 0 Å². The number of benzene rings is 1. The molecule has 1 rings (SSSR count). The molecular weight excluding hydrogens is 230 g/mol. The van der Waals surface area contributed by atoms with Gasteiger partial charge in [-0.25, -0.2) is 0 Å². The van der Waals surface area contributed by atoms with Crippen LogP contribution in [0.3, 0.4) is 0 Å². The van der Waals surface area contributed by atoms with Crippen molar-refractivity contribution in [2.24, 2.45) is 5.92 Å². The third kappa shape index (κ3) is 4.99. The lowest BCUT2D eigenvalue weighted by Crippen LogP contribution is -2.25. The molecule has 1 aromatic carbocycles. The molecule has 17 heavy (non-hydrogen) atoms. The molecule has 1 nitrogen and oxygen atoms in total. The van der Waals surface area contributed by atoms with Gasteiger partial charge in [-0.1, -0.05) is 19.1 Å². The van der Waals surface area contributed by atoms with Gasteiger partial charge in [0.05, 0.1) is 0 Å². The molecule has 0 aliphatic rings. The molecule has 0 aromatic heterocycles. The lowest BCUT2D eigenvalue weighted by Gasteiger charge is -2.25. The third-order valence-corrected chi connectivity index (χ3v) is 3.46. The summed E-state index contributed by atoms with van der Waals surface area (Å²) in [5.41, 5.74) is 2.67. The molecule has 0 saturated heterocycles. The van der Waals surface area contributed by atoms with E-state index in [-0.39, 0.29) is 0 Å². The summed E-state index contributed by atoms with van der Waals surface area (Å²) in [6.45, 7) is 8.84. The van der Waals surface area contributed by atoms with Crippen molar-refractivity contribution >= 4 is 17.3 Å². The zero-order chi connectivity index (χ0) is 12.7. The van der Waals surface area contributed by atoms with Crippen LogP contribution in [0.1, 0.15) is 32.3 Å². The van der Waals surface area contributed by atoms with Crippen LogP contribution < -0.4 is 4.90 Å². The van der Waals surface area contributed by atoms with Crippen LogP contribution in [0.2, 0.25) is 0 Å². The Labute approximate surface area is 111 Å². The topological polar surface area (TPSA) is 3.24 Å². The molecular formula is C15H24ClN. The zero-order valence-corrected chi connectivity index (χ0v) is 12.0. The molecule has 0 fully saturated rings. The number of hydrogen-bond donors (Lipinski definition) is 0. The van der Waals surface area contributed by atoms with Gasteiger partial charge in [0.1, 0.15) is 0 Å². The standard InChI is InChI=1S/C15H24ClN/c1-4-17(11-9-13(2)8-10-16)15-7-5-6-14(3)12-15/h5-7,12-13H,4,8-11H2,1-3H3. The maximum Gasteiger partial charge on any atom is 0.0368 e. The summed E-state index contributed by atoms with van der Waals surface area (Å²) < 4.78 is 0. The number of alkyl halides is 1. The molecule has 0 saturated carbocycles. The largest absolute Gasteiger partial charge is 0.372 e. The minimum absolute atomic E-state index is 0.714. The van der Waals surface area contributed by atoms with Gasteiger partial charge in [0, 0.05) is 24.7 Å². The van der Waals surface area contributed by atoms with Crippen LogP contribution in [-0.4, -0.2) is 19.0 Å². The Morgan fingerprint density at radius 3 is 2.65 bits per heavy atom. The molecule has 1 unspecified atom stereocenters. The smallest absolute Gasteiger partial charge is 0.0368 e. The van der Waals surface area contributed by atoms with Gasteiger partial charge < -0.3 is 4.90 Å². The Morgan fingerprint density at radius 2 is 2.06 bits per heavy atom. The Bertz CT molecular complexity index is 324. The van der Waals surface area contributed by atoms with Crippen molar-refractivity contribution in [3.05, 3.63) is 29.8 Å². The van der Waals surface area contributed by atoms with Crippen molar-refractivity contribution < 1.29 is 0 Å². The number of rotatable bonds is 7. The van der Waals surface area contributed by atoms with Crippen molar-refractivity contribution in [2.45, 2.75) is 33.6 Å². The highest BCUT2D eigenvalue weighted by molar-refractivity contribution is 6.17. The average molecular weight is 254 g/mol. The van der Waals surface area contributed by atoms with Gasteiger partial charge in [-0.15, -0.1) is 11.6 Å². The quantitative estimate of drug-likeness (QED) is 0.648. The van der Waals surface area contributed by atoms with Crippen LogP contribution in [0.15, 0.2) is 24.3 Å². The summed E-state index contributed by atoms with van der Waals surface area (Å²) in [5, 5.41) is 0. The summed E-state index contributed by atoms with van der Waals surface area (Å²) in [6.07, 6.45) is 2.33. The SMILES string of the molecule is CCN(CCC(C)CCCl)c1cccc(C)c1. The second-order valence-corrected chi connectivity index (χ2v) is 5.17. The van der Waals surface area contributed by atoms with Crippen molar-refractivity contribution in [2.75, 3.05) is 23.9 Å². The highest BCUT2D eigenvalue weighted by Gasteiger charge is 2.07. The van der Waals surface area contributed by atoms with Crippen molar-refractivity contribution in [3.8, 4) is 0 Å². The lowest BCUT2D eigenvalue weighted by molar-refractivity contribution is 0.515. The molecule has 0 bridgehead atoms. The molecule has 0 N–H and O–H groups in total. The van der Waals surface area contributed by atoms with E-state index in [1.54, 1.807) is 0 Å². The Balaban J connectivity index is 2.54. The van der Waals surface area contributed by atoms with Crippen LogP contribution in [0, 0.1) is 12.8 Å². The van der Waals surface area contributed by atoms with Crippen molar-refractivity contribution in [1.82, 2.24) is 0 Å². The molecule has 0 aliphatic heterocycles. The monoisotopic (exact) mass is 253 g/mol. The average Bonchev–Trinajstić information content (AvgIpc) is 2.30. The fourth-order valence-electron chi connectivity index (χ4n) is 2.00. The number of hydrogen-bond acceptors (Lipinski definition) is 1. The predicted octanol–water partition coefficient (Wildman–Crippen LogP) is 4.48. The van der Waals surface area contributed by atoms with Gasteiger partial charge >= 0.3 is 0 Å². The fourth-order valence-corrected chi connectivity index (χ4v) is 2.37. The first kappa shape index (κ1) is 14.4. The second kappa shape index (κ2) is 7.60. The molecule has 0 aliphatic carbocycles. The molecule has 0 radical (unpaired) electrons. The Hall–Kier alpha value is -0.690. The van der Waals surface area contributed by atoms with Crippen molar-refractivity contribution in [1.29, 1.82) is 0 Å². The maximum absolute atomic E-state index is 5.77. The van der Waals surface area contributed by atoms with Crippen LogP contribution in [0.4, 0.5) is 5.69 Å². The zero-order valence-electron chi connectivity index (χ0n) is 11.2. The summed E-state index contributed by atoms with van der Waals surface area (Å²) in [6, 6.07) is 8.74. The molecule has 0 spiro atoms. The molecule has 96 valence electrons. The van der Waals surface area contributed by atoms with Gasteiger partial charge in [-0.2, -0.15) is 0 Å². The highest BCUT2D eigenvalue weighted by Crippen LogP contribution is 2.18. The van der Waals surface area contributed by atoms with E-state index in [0.29, 0.717) is 5.92 Å².